The molecule has 3 heteroatoms. The number of nitrogens with zero attached hydrogens (tertiary/aromatic N) is 1. The van der Waals surface area contributed by atoms with Gasteiger partial charge in [-0.2, -0.15) is 0 Å². The quantitative estimate of drug-likeness (QED) is 0.598. The first kappa shape index (κ1) is 12.0. The molecule has 3 nitrogen and oxygen atoms in total. The second-order valence-corrected chi connectivity index (χ2v) is 3.20. The number of Topliss-reactive ketones (excluding diaryl/α,β-unsaturated/α-hetero) is 1. The molecular formula is C10H17NO2. The van der Waals surface area contributed by atoms with Crippen LogP contribution >= 0.6 is 0 Å². The van der Waals surface area contributed by atoms with Crippen LogP contribution in [0.2, 0.25) is 0 Å². The van der Waals surface area contributed by atoms with E-state index in [9.17, 15) is 9.59 Å². The van der Waals surface area contributed by atoms with E-state index in [2.05, 4.69) is 0 Å². The van der Waals surface area contributed by atoms with Crippen LogP contribution in [0.5, 0.6) is 0 Å². The first-order valence-electron chi connectivity index (χ1n) is 4.37. The molecule has 0 spiro atoms. The number of likely N-dealkylation sites (N-methyl/N-ethyl adjacent to an activating group) is 1. The van der Waals surface area contributed by atoms with Crippen LogP contribution in [0.15, 0.2) is 12.2 Å². The first-order valence-corrected chi connectivity index (χ1v) is 4.37. The van der Waals surface area contributed by atoms with Gasteiger partial charge in [-0.25, -0.2) is 0 Å². The van der Waals surface area contributed by atoms with Crippen molar-refractivity contribution in [3.8, 4) is 0 Å². The average Bonchev–Trinajstić information content (AvgIpc) is 2.03. The number of hydrogen-bond donors (Lipinski definition) is 0. The minimum Gasteiger partial charge on any atom is -0.298 e. The summed E-state index contributed by atoms with van der Waals surface area (Å²) in [5, 5.41) is 0. The van der Waals surface area contributed by atoms with Crippen molar-refractivity contribution >= 4 is 11.6 Å². The van der Waals surface area contributed by atoms with Gasteiger partial charge in [0, 0.05) is 6.42 Å². The zero-order valence-electron chi connectivity index (χ0n) is 8.70. The van der Waals surface area contributed by atoms with Crippen molar-refractivity contribution in [1.29, 1.82) is 0 Å². The molecule has 0 amide bonds. The molecular weight excluding hydrogens is 166 g/mol. The second-order valence-electron chi connectivity index (χ2n) is 3.20. The average molecular weight is 183 g/mol. The third-order valence-electron chi connectivity index (χ3n) is 1.79. The van der Waals surface area contributed by atoms with Crippen molar-refractivity contribution in [3.63, 3.8) is 0 Å². The maximum Gasteiger partial charge on any atom is 0.155 e. The van der Waals surface area contributed by atoms with Gasteiger partial charge in [-0.3, -0.25) is 14.5 Å². The van der Waals surface area contributed by atoms with Crippen LogP contribution in [0.3, 0.4) is 0 Å². The van der Waals surface area contributed by atoms with E-state index in [4.69, 9.17) is 0 Å². The number of ketones is 2. The van der Waals surface area contributed by atoms with Gasteiger partial charge < -0.3 is 0 Å². The second kappa shape index (κ2) is 5.65. The fraction of sp³-hybridized carbons (Fsp3) is 0.600. The van der Waals surface area contributed by atoms with Crippen LogP contribution in [0, 0.1) is 0 Å². The fourth-order valence-electron chi connectivity index (χ4n) is 0.988. The van der Waals surface area contributed by atoms with Gasteiger partial charge in [-0.15, -0.1) is 0 Å². The van der Waals surface area contributed by atoms with Gasteiger partial charge in [0.05, 0.1) is 6.04 Å². The topological polar surface area (TPSA) is 37.4 Å². The Hall–Kier alpha value is -0.960. The minimum absolute atomic E-state index is 0.0464. The highest BCUT2D eigenvalue weighted by Gasteiger charge is 2.12. The Kier molecular flexibility index (Phi) is 5.23. The van der Waals surface area contributed by atoms with Crippen LogP contribution in [0.25, 0.3) is 0 Å². The highest BCUT2D eigenvalue weighted by Crippen LogP contribution is 1.98. The van der Waals surface area contributed by atoms with Gasteiger partial charge >= 0.3 is 0 Å². The van der Waals surface area contributed by atoms with Crippen LogP contribution in [0.1, 0.15) is 20.3 Å². The molecule has 0 saturated heterocycles. The third-order valence-corrected chi connectivity index (χ3v) is 1.79. The van der Waals surface area contributed by atoms with Crippen molar-refractivity contribution < 1.29 is 9.59 Å². The van der Waals surface area contributed by atoms with Gasteiger partial charge in [-0.05, 0) is 27.1 Å². The van der Waals surface area contributed by atoms with Crippen molar-refractivity contribution in [3.05, 3.63) is 12.2 Å². The molecule has 13 heavy (non-hydrogen) atoms. The van der Waals surface area contributed by atoms with E-state index in [1.54, 1.807) is 17.9 Å². The zero-order chi connectivity index (χ0) is 10.4. The largest absolute Gasteiger partial charge is 0.298 e. The summed E-state index contributed by atoms with van der Waals surface area (Å²) in [6.07, 6.45) is 3.61. The summed E-state index contributed by atoms with van der Waals surface area (Å²) >= 11 is 0. The number of carbonyl (C=O) groups excluding carboxylic acids is 2. The lowest BCUT2D eigenvalue weighted by molar-refractivity contribution is -0.119. The van der Waals surface area contributed by atoms with Crippen molar-refractivity contribution in [1.82, 2.24) is 4.90 Å². The smallest absolute Gasteiger partial charge is 0.155 e. The molecule has 0 aliphatic carbocycles. The Labute approximate surface area is 79.4 Å². The Morgan fingerprint density at radius 1 is 1.38 bits per heavy atom. The summed E-state index contributed by atoms with van der Waals surface area (Å²) in [5.41, 5.74) is 0. The summed E-state index contributed by atoms with van der Waals surface area (Å²) in [6, 6.07) is -0.282. The molecule has 0 aromatic carbocycles. The van der Waals surface area contributed by atoms with Gasteiger partial charge in [0.15, 0.2) is 11.6 Å². The van der Waals surface area contributed by atoms with E-state index < -0.39 is 0 Å². The molecule has 0 rings (SSSR count). The van der Waals surface area contributed by atoms with E-state index in [0.717, 1.165) is 0 Å². The molecule has 1 unspecified atom stereocenters. The van der Waals surface area contributed by atoms with Crippen LogP contribution in [0.4, 0.5) is 0 Å². The van der Waals surface area contributed by atoms with Gasteiger partial charge in [0.1, 0.15) is 0 Å². The van der Waals surface area contributed by atoms with Gasteiger partial charge in [0.2, 0.25) is 0 Å². The van der Waals surface area contributed by atoms with Gasteiger partial charge in [0.25, 0.3) is 0 Å². The predicted molar refractivity (Wildman–Crippen MR) is 52.6 cm³/mol. The molecule has 0 N–H and O–H groups in total. The lowest BCUT2D eigenvalue weighted by Crippen LogP contribution is -2.32. The normalized spacial score (nSPS) is 13.6. The predicted octanol–water partition coefficient (Wildman–Crippen LogP) is 1.04. The van der Waals surface area contributed by atoms with E-state index in [1.165, 1.54) is 13.0 Å². The van der Waals surface area contributed by atoms with Gasteiger partial charge in [-0.1, -0.05) is 13.0 Å². The standard InChI is InChI=1S/C10H17NO2/c1-5-9(13)6-7-10(8(2)12)11(3)4/h6-7,10H,5H2,1-4H3. The summed E-state index contributed by atoms with van der Waals surface area (Å²) in [4.78, 5) is 23.8. The van der Waals surface area contributed by atoms with Crippen molar-refractivity contribution in [2.45, 2.75) is 26.3 Å². The Morgan fingerprint density at radius 3 is 2.23 bits per heavy atom. The summed E-state index contributed by atoms with van der Waals surface area (Å²) in [7, 11) is 3.62. The Bertz CT molecular complexity index is 219. The van der Waals surface area contributed by atoms with Crippen molar-refractivity contribution in [2.75, 3.05) is 14.1 Å². The van der Waals surface area contributed by atoms with Crippen molar-refractivity contribution in [2.24, 2.45) is 0 Å². The number of hydrogen-bond acceptors (Lipinski definition) is 3. The maximum atomic E-state index is 11.1. The van der Waals surface area contributed by atoms with Crippen LogP contribution in [-0.4, -0.2) is 36.6 Å². The number of allylic oxidation sites excluding steroid dienone is 1. The molecule has 0 radical (unpaired) electrons. The highest BCUT2D eigenvalue weighted by molar-refractivity contribution is 5.91. The summed E-state index contributed by atoms with van der Waals surface area (Å²) in [5.74, 6) is 0.0956. The number of carbonyl (C=O) groups is 2. The third kappa shape index (κ3) is 4.58. The Morgan fingerprint density at radius 2 is 1.92 bits per heavy atom. The maximum absolute atomic E-state index is 11.1. The van der Waals surface area contributed by atoms with E-state index in [-0.39, 0.29) is 17.6 Å². The first-order chi connectivity index (χ1) is 5.99. The van der Waals surface area contributed by atoms with Crippen LogP contribution < -0.4 is 0 Å². The lowest BCUT2D eigenvalue weighted by atomic mass is 10.1. The zero-order valence-corrected chi connectivity index (χ0v) is 8.70. The van der Waals surface area contributed by atoms with E-state index in [0.29, 0.717) is 6.42 Å². The fourth-order valence-corrected chi connectivity index (χ4v) is 0.988. The lowest BCUT2D eigenvalue weighted by Gasteiger charge is -2.17. The molecule has 0 aromatic rings. The summed E-state index contributed by atoms with van der Waals surface area (Å²) in [6.45, 7) is 3.32. The molecule has 0 saturated carbocycles. The molecule has 74 valence electrons. The molecule has 0 bridgehead atoms. The monoisotopic (exact) mass is 183 g/mol. The number of rotatable bonds is 5. The van der Waals surface area contributed by atoms with Crippen LogP contribution in [-0.2, 0) is 9.59 Å². The molecule has 0 fully saturated rings. The SMILES string of the molecule is CCC(=O)C=CC(C(C)=O)N(C)C. The summed E-state index contributed by atoms with van der Waals surface area (Å²) < 4.78 is 0. The Balaban J connectivity index is 4.34. The molecule has 0 aliphatic rings. The van der Waals surface area contributed by atoms with E-state index >= 15 is 0 Å². The molecule has 0 aliphatic heterocycles. The molecule has 1 atom stereocenters. The molecule has 0 aromatic heterocycles. The minimum atomic E-state index is -0.282. The highest BCUT2D eigenvalue weighted by atomic mass is 16.1. The van der Waals surface area contributed by atoms with E-state index in [1.807, 2.05) is 14.1 Å². The molecule has 0 heterocycles.